The fourth-order valence-corrected chi connectivity index (χ4v) is 2.88. The van der Waals surface area contributed by atoms with Crippen molar-refractivity contribution in [2.24, 2.45) is 0 Å². The van der Waals surface area contributed by atoms with E-state index in [-0.39, 0.29) is 6.67 Å². The smallest absolute Gasteiger partial charge is 0.307 e. The van der Waals surface area contributed by atoms with Crippen LogP contribution < -0.4 is 0 Å². The summed E-state index contributed by atoms with van der Waals surface area (Å²) >= 11 is 0. The molecule has 27 heavy (non-hydrogen) atoms. The van der Waals surface area contributed by atoms with Crippen LogP contribution in [0.25, 0.3) is 33.0 Å². The van der Waals surface area contributed by atoms with Crippen molar-refractivity contribution < 1.29 is 0 Å². The molecule has 0 aliphatic carbocycles. The van der Waals surface area contributed by atoms with Crippen molar-refractivity contribution in [1.29, 1.82) is 0 Å². The van der Waals surface area contributed by atoms with Gasteiger partial charge >= 0.3 is 6.67 Å². The minimum atomic E-state index is 0.173. The number of pyridine rings is 1. The Hall–Kier alpha value is -4.13. The highest BCUT2D eigenvalue weighted by Gasteiger charge is 2.12. The lowest BCUT2D eigenvalue weighted by Crippen LogP contribution is -2.04. The summed E-state index contributed by atoms with van der Waals surface area (Å²) in [6, 6.07) is 3.96. The Morgan fingerprint density at radius 1 is 1.11 bits per heavy atom. The van der Waals surface area contributed by atoms with Crippen LogP contribution in [-0.2, 0) is 13.2 Å². The molecule has 0 aliphatic rings. The summed E-state index contributed by atoms with van der Waals surface area (Å²) in [6.07, 6.45) is 10.7. The third kappa shape index (κ3) is 2.67. The number of rotatable bonds is 4. The Labute approximate surface area is 152 Å². The van der Waals surface area contributed by atoms with E-state index in [2.05, 4.69) is 35.2 Å². The van der Waals surface area contributed by atoms with Crippen LogP contribution in [0.2, 0.25) is 0 Å². The van der Waals surface area contributed by atoms with Gasteiger partial charge in [0.25, 0.3) is 0 Å². The van der Waals surface area contributed by atoms with Crippen LogP contribution >= 0.6 is 0 Å². The van der Waals surface area contributed by atoms with Crippen LogP contribution in [0.15, 0.2) is 49.3 Å². The first kappa shape index (κ1) is 15.2. The molecule has 10 nitrogen and oxygen atoms in total. The van der Waals surface area contributed by atoms with Crippen molar-refractivity contribution in [2.75, 3.05) is 0 Å². The molecule has 130 valence electrons. The summed E-state index contributed by atoms with van der Waals surface area (Å²) < 4.78 is 5.23. The molecular formula is C17H12N10. The molecule has 0 saturated carbocycles. The number of imidazole rings is 1. The monoisotopic (exact) mass is 356 g/mol. The molecule has 0 bridgehead atoms. The maximum Gasteiger partial charge on any atom is 0.307 e. The highest BCUT2D eigenvalue weighted by Crippen LogP contribution is 2.18. The van der Waals surface area contributed by atoms with E-state index >= 15 is 0 Å². The third-order valence-corrected chi connectivity index (χ3v) is 4.15. The number of hydrogen-bond donors (Lipinski definition) is 0. The van der Waals surface area contributed by atoms with Crippen LogP contribution in [0.4, 0.5) is 0 Å². The third-order valence-electron chi connectivity index (χ3n) is 4.15. The van der Waals surface area contributed by atoms with Gasteiger partial charge in [0, 0.05) is 30.4 Å². The van der Waals surface area contributed by atoms with Crippen LogP contribution in [0, 0.1) is 6.57 Å². The Balaban J connectivity index is 1.51. The van der Waals surface area contributed by atoms with Gasteiger partial charge in [-0.3, -0.25) is 4.85 Å². The maximum atomic E-state index is 6.93. The van der Waals surface area contributed by atoms with Gasteiger partial charge in [0.15, 0.2) is 5.65 Å². The van der Waals surface area contributed by atoms with Gasteiger partial charge in [-0.2, -0.15) is 5.10 Å². The van der Waals surface area contributed by atoms with Gasteiger partial charge in [0.1, 0.15) is 5.65 Å². The zero-order valence-corrected chi connectivity index (χ0v) is 14.0. The van der Waals surface area contributed by atoms with E-state index in [1.165, 1.54) is 0 Å². The van der Waals surface area contributed by atoms with Gasteiger partial charge in [0.2, 0.25) is 5.65 Å². The molecule has 10 heteroatoms. The quantitative estimate of drug-likeness (QED) is 0.454. The van der Waals surface area contributed by atoms with Crippen molar-refractivity contribution in [3.63, 3.8) is 0 Å². The summed E-state index contributed by atoms with van der Waals surface area (Å²) in [7, 11) is 0. The first-order valence-electron chi connectivity index (χ1n) is 8.14. The van der Waals surface area contributed by atoms with Crippen molar-refractivity contribution >= 4 is 16.9 Å². The van der Waals surface area contributed by atoms with Gasteiger partial charge in [-0.05, 0) is 11.6 Å². The summed E-state index contributed by atoms with van der Waals surface area (Å²) in [5.74, 6) is 0. The Morgan fingerprint density at radius 3 is 3.00 bits per heavy atom. The minimum Gasteiger partial charge on any atom is -0.307 e. The average Bonchev–Trinajstić information content (AvgIpc) is 3.41. The van der Waals surface area contributed by atoms with Gasteiger partial charge in [-0.15, -0.1) is 5.10 Å². The van der Waals surface area contributed by atoms with E-state index < -0.39 is 0 Å². The SMILES string of the molecule is [C-]#[N+]Cn1cc(-c2cnc3nnn(Cc4ccc5nccn5c4)c3n2)cn1. The van der Waals surface area contributed by atoms with E-state index in [1.54, 1.807) is 34.2 Å². The Bertz CT molecular complexity index is 1300. The molecule has 0 N–H and O–H groups in total. The minimum absolute atomic E-state index is 0.173. The van der Waals surface area contributed by atoms with E-state index in [0.29, 0.717) is 23.5 Å². The van der Waals surface area contributed by atoms with E-state index in [0.717, 1.165) is 16.8 Å². The highest BCUT2D eigenvalue weighted by atomic mass is 15.5. The average molecular weight is 356 g/mol. The molecule has 0 atom stereocenters. The second kappa shape index (κ2) is 5.99. The first-order valence-corrected chi connectivity index (χ1v) is 8.14. The van der Waals surface area contributed by atoms with Gasteiger partial charge in [-0.25, -0.2) is 30.9 Å². The Morgan fingerprint density at radius 2 is 2.07 bits per heavy atom. The van der Waals surface area contributed by atoms with E-state index in [1.807, 2.05) is 28.9 Å². The molecule has 0 fully saturated rings. The number of aromatic nitrogens is 9. The lowest BCUT2D eigenvalue weighted by atomic mass is 10.2. The predicted molar refractivity (Wildman–Crippen MR) is 95.2 cm³/mol. The topological polar surface area (TPSA) is 96.0 Å². The predicted octanol–water partition coefficient (Wildman–Crippen LogP) is 1.66. The van der Waals surface area contributed by atoms with Gasteiger partial charge < -0.3 is 4.40 Å². The molecule has 5 heterocycles. The maximum absolute atomic E-state index is 6.93. The van der Waals surface area contributed by atoms with Gasteiger partial charge in [-0.1, -0.05) is 11.3 Å². The summed E-state index contributed by atoms with van der Waals surface area (Å²) in [5.41, 5.74) is 4.46. The lowest BCUT2D eigenvalue weighted by molar-refractivity contribution is 0.662. The van der Waals surface area contributed by atoms with E-state index in [9.17, 15) is 0 Å². The molecule has 0 unspecified atom stereocenters. The summed E-state index contributed by atoms with van der Waals surface area (Å²) in [6.45, 7) is 7.61. The number of hydrogen-bond acceptors (Lipinski definition) is 6. The van der Waals surface area contributed by atoms with Crippen LogP contribution in [0.1, 0.15) is 5.56 Å². The fraction of sp³-hybridized carbons (Fsp3) is 0.118. The molecule has 5 aromatic rings. The molecule has 0 saturated heterocycles. The van der Waals surface area contributed by atoms with Crippen LogP contribution in [0.3, 0.4) is 0 Å². The van der Waals surface area contributed by atoms with Crippen LogP contribution in [-0.4, -0.2) is 44.1 Å². The largest absolute Gasteiger partial charge is 0.307 e. The first-order chi connectivity index (χ1) is 13.3. The summed E-state index contributed by atoms with van der Waals surface area (Å²) in [5, 5.41) is 12.4. The van der Waals surface area contributed by atoms with E-state index in [4.69, 9.17) is 6.57 Å². The van der Waals surface area contributed by atoms with Crippen molar-refractivity contribution in [2.45, 2.75) is 13.2 Å². The zero-order valence-electron chi connectivity index (χ0n) is 14.0. The standard InChI is InChI=1S/C17H12N10/c1-18-11-26-10-13(6-21-26)14-7-20-16-17(22-14)27(24-23-16)9-12-2-3-15-19-4-5-25(15)8-12/h2-8,10H,9,11H2. The highest BCUT2D eigenvalue weighted by molar-refractivity contribution is 5.69. The second-order valence-corrected chi connectivity index (χ2v) is 5.95. The number of fused-ring (bicyclic) bond motifs is 2. The molecule has 0 spiro atoms. The molecule has 0 aliphatic heterocycles. The number of nitrogens with zero attached hydrogens (tertiary/aromatic N) is 10. The normalized spacial score (nSPS) is 11.2. The van der Waals surface area contributed by atoms with Crippen LogP contribution in [0.5, 0.6) is 0 Å². The van der Waals surface area contributed by atoms with Crippen molar-refractivity contribution in [1.82, 2.24) is 44.1 Å². The summed E-state index contributed by atoms with van der Waals surface area (Å²) in [4.78, 5) is 16.6. The zero-order chi connectivity index (χ0) is 18.2. The lowest BCUT2D eigenvalue weighted by Gasteiger charge is -2.04. The molecule has 0 radical (unpaired) electrons. The Kier molecular flexibility index (Phi) is 3.36. The molecule has 5 rings (SSSR count). The molecule has 0 aromatic carbocycles. The molecule has 0 amide bonds. The van der Waals surface area contributed by atoms with Gasteiger partial charge in [0.05, 0.1) is 24.6 Å². The fourth-order valence-electron chi connectivity index (χ4n) is 2.88. The van der Waals surface area contributed by atoms with Crippen molar-refractivity contribution in [3.8, 4) is 11.3 Å². The molecule has 5 aromatic heterocycles. The van der Waals surface area contributed by atoms with Crippen molar-refractivity contribution in [3.05, 3.63) is 66.3 Å². The molecular weight excluding hydrogens is 344 g/mol. The second-order valence-electron chi connectivity index (χ2n) is 5.95.